The minimum Gasteiger partial charge on any atom is -0.464 e. The van der Waals surface area contributed by atoms with E-state index in [4.69, 9.17) is 4.42 Å². The molecular weight excluding hydrogens is 411 g/mol. The highest BCUT2D eigenvalue weighted by Gasteiger charge is 2.17. The summed E-state index contributed by atoms with van der Waals surface area (Å²) in [5, 5.41) is 12.5. The largest absolute Gasteiger partial charge is 0.464 e. The van der Waals surface area contributed by atoms with Crippen molar-refractivity contribution in [3.8, 4) is 11.3 Å². The number of pyridine rings is 1. The number of anilines is 1. The van der Waals surface area contributed by atoms with Crippen molar-refractivity contribution < 1.29 is 13.6 Å². The van der Waals surface area contributed by atoms with Crippen molar-refractivity contribution in [2.45, 2.75) is 20.0 Å². The molecule has 0 aliphatic heterocycles. The van der Waals surface area contributed by atoms with Gasteiger partial charge in [-0.05, 0) is 42.8 Å². The summed E-state index contributed by atoms with van der Waals surface area (Å²) < 4.78 is 21.8. The number of amides is 1. The molecular formula is C23H19FN6O2. The number of nitrogens with zero attached hydrogens (tertiary/aromatic N) is 5. The molecule has 5 rings (SSSR count). The van der Waals surface area contributed by atoms with Gasteiger partial charge < -0.3 is 9.73 Å². The van der Waals surface area contributed by atoms with E-state index < -0.39 is 0 Å². The first kappa shape index (κ1) is 19.7. The van der Waals surface area contributed by atoms with Gasteiger partial charge in [-0.25, -0.2) is 14.1 Å². The number of carbonyl (C=O) groups is 1. The first-order valence-corrected chi connectivity index (χ1v) is 10.0. The fourth-order valence-corrected chi connectivity index (χ4v) is 3.64. The van der Waals surface area contributed by atoms with E-state index in [0.29, 0.717) is 18.0 Å². The molecule has 8 nitrogen and oxygen atoms in total. The SMILES string of the molecule is Cc1nn(CC(=O)Nc2ccn(Cc3ccc(F)cc3)n2)c2nccc(-c3ccco3)c12. The molecule has 1 N–H and O–H groups in total. The third kappa shape index (κ3) is 3.87. The summed E-state index contributed by atoms with van der Waals surface area (Å²) in [6, 6.07) is 13.5. The fraction of sp³-hybridized carbons (Fsp3) is 0.130. The maximum atomic E-state index is 13.1. The first-order chi connectivity index (χ1) is 15.6. The zero-order chi connectivity index (χ0) is 22.1. The molecule has 4 aromatic heterocycles. The highest BCUT2D eigenvalue weighted by atomic mass is 19.1. The highest BCUT2D eigenvalue weighted by Crippen LogP contribution is 2.30. The molecule has 0 bridgehead atoms. The Bertz CT molecular complexity index is 1390. The van der Waals surface area contributed by atoms with Gasteiger partial charge in [0.05, 0.1) is 23.9 Å². The van der Waals surface area contributed by atoms with Crippen LogP contribution in [0.5, 0.6) is 0 Å². The number of hydrogen-bond acceptors (Lipinski definition) is 5. The maximum Gasteiger partial charge on any atom is 0.247 e. The average Bonchev–Trinajstić information content (AvgIpc) is 3.52. The van der Waals surface area contributed by atoms with Crippen LogP contribution in [0.15, 0.2) is 71.6 Å². The third-order valence-corrected chi connectivity index (χ3v) is 5.05. The summed E-state index contributed by atoms with van der Waals surface area (Å²) in [5.74, 6) is 0.590. The van der Waals surface area contributed by atoms with Gasteiger partial charge in [-0.1, -0.05) is 12.1 Å². The van der Waals surface area contributed by atoms with Crippen molar-refractivity contribution in [3.63, 3.8) is 0 Å². The standard InChI is InChI=1S/C23H19FN6O2/c1-15-22-18(19-3-2-12-32-19)8-10-25-23(22)30(27-15)14-21(31)26-20-9-11-29(28-20)13-16-4-6-17(24)7-5-16/h2-12H,13-14H2,1H3,(H,26,28,31). The van der Waals surface area contributed by atoms with Crippen molar-refractivity contribution in [3.05, 3.63) is 84.3 Å². The summed E-state index contributed by atoms with van der Waals surface area (Å²) in [7, 11) is 0. The molecule has 5 aromatic rings. The van der Waals surface area contributed by atoms with Crippen LogP contribution in [-0.4, -0.2) is 30.5 Å². The van der Waals surface area contributed by atoms with E-state index in [9.17, 15) is 9.18 Å². The van der Waals surface area contributed by atoms with Crippen molar-refractivity contribution in [1.29, 1.82) is 0 Å². The molecule has 32 heavy (non-hydrogen) atoms. The van der Waals surface area contributed by atoms with Crippen molar-refractivity contribution in [1.82, 2.24) is 24.5 Å². The van der Waals surface area contributed by atoms with E-state index in [1.807, 2.05) is 25.1 Å². The predicted octanol–water partition coefficient (Wildman–Crippen LogP) is 4.02. The van der Waals surface area contributed by atoms with Gasteiger partial charge in [0.2, 0.25) is 5.91 Å². The number of aryl methyl sites for hydroxylation is 1. The molecule has 0 atom stereocenters. The first-order valence-electron chi connectivity index (χ1n) is 10.0. The van der Waals surface area contributed by atoms with Crippen molar-refractivity contribution in [2.24, 2.45) is 0 Å². The third-order valence-electron chi connectivity index (χ3n) is 5.05. The van der Waals surface area contributed by atoms with E-state index in [0.717, 1.165) is 28.0 Å². The lowest BCUT2D eigenvalue weighted by Gasteiger charge is -2.05. The molecule has 0 aliphatic rings. The lowest BCUT2D eigenvalue weighted by atomic mass is 10.1. The van der Waals surface area contributed by atoms with Crippen LogP contribution in [0.2, 0.25) is 0 Å². The Hall–Kier alpha value is -4.27. The molecule has 4 heterocycles. The van der Waals surface area contributed by atoms with Gasteiger partial charge in [0.25, 0.3) is 0 Å². The maximum absolute atomic E-state index is 13.1. The van der Waals surface area contributed by atoms with Crippen molar-refractivity contribution in [2.75, 3.05) is 5.32 Å². The summed E-state index contributed by atoms with van der Waals surface area (Å²) in [4.78, 5) is 17.1. The normalized spacial score (nSPS) is 11.2. The van der Waals surface area contributed by atoms with Crippen molar-refractivity contribution >= 4 is 22.8 Å². The number of hydrogen-bond donors (Lipinski definition) is 1. The number of halogens is 1. The molecule has 0 saturated heterocycles. The van der Waals surface area contributed by atoms with Crippen LogP contribution in [0.25, 0.3) is 22.4 Å². The molecule has 0 fully saturated rings. The van der Waals surface area contributed by atoms with Crippen LogP contribution in [0.4, 0.5) is 10.2 Å². The topological polar surface area (TPSA) is 90.8 Å². The Morgan fingerprint density at radius 2 is 1.97 bits per heavy atom. The second-order valence-corrected chi connectivity index (χ2v) is 7.35. The van der Waals surface area contributed by atoms with Gasteiger partial charge in [-0.15, -0.1) is 0 Å². The number of furan rings is 1. The zero-order valence-corrected chi connectivity index (χ0v) is 17.2. The van der Waals surface area contributed by atoms with E-state index >= 15 is 0 Å². The Morgan fingerprint density at radius 1 is 1.12 bits per heavy atom. The quantitative estimate of drug-likeness (QED) is 0.439. The van der Waals surface area contributed by atoms with Gasteiger partial charge in [0, 0.05) is 24.0 Å². The van der Waals surface area contributed by atoms with Crippen LogP contribution in [0, 0.1) is 12.7 Å². The van der Waals surface area contributed by atoms with Gasteiger partial charge >= 0.3 is 0 Å². The minimum absolute atomic E-state index is 0.0101. The molecule has 0 aliphatic carbocycles. The predicted molar refractivity (Wildman–Crippen MR) is 116 cm³/mol. The molecule has 160 valence electrons. The number of rotatable bonds is 6. The molecule has 0 saturated carbocycles. The van der Waals surface area contributed by atoms with Crippen LogP contribution >= 0.6 is 0 Å². The summed E-state index contributed by atoms with van der Waals surface area (Å²) in [6.07, 6.45) is 5.04. The number of benzene rings is 1. The Labute approximate surface area is 182 Å². The second-order valence-electron chi connectivity index (χ2n) is 7.35. The fourth-order valence-electron chi connectivity index (χ4n) is 3.64. The minimum atomic E-state index is -0.283. The average molecular weight is 430 g/mol. The molecule has 0 spiro atoms. The molecule has 0 radical (unpaired) electrons. The Morgan fingerprint density at radius 3 is 2.75 bits per heavy atom. The van der Waals surface area contributed by atoms with Gasteiger partial charge in [0.15, 0.2) is 11.5 Å². The zero-order valence-electron chi connectivity index (χ0n) is 17.2. The smallest absolute Gasteiger partial charge is 0.247 e. The van der Waals surface area contributed by atoms with Gasteiger partial charge in [-0.2, -0.15) is 10.2 Å². The number of carbonyl (C=O) groups excluding carboxylic acids is 1. The van der Waals surface area contributed by atoms with E-state index in [-0.39, 0.29) is 18.3 Å². The van der Waals surface area contributed by atoms with Gasteiger partial charge in [0.1, 0.15) is 18.1 Å². The molecule has 9 heteroatoms. The lowest BCUT2D eigenvalue weighted by molar-refractivity contribution is -0.116. The second kappa shape index (κ2) is 8.10. The molecule has 0 unspecified atom stereocenters. The lowest BCUT2D eigenvalue weighted by Crippen LogP contribution is -2.20. The molecule has 1 amide bonds. The summed E-state index contributed by atoms with van der Waals surface area (Å²) in [6.45, 7) is 2.34. The summed E-state index contributed by atoms with van der Waals surface area (Å²) in [5.41, 5.74) is 3.15. The van der Waals surface area contributed by atoms with E-state index in [2.05, 4.69) is 20.5 Å². The number of fused-ring (bicyclic) bond motifs is 1. The van der Waals surface area contributed by atoms with Crippen LogP contribution in [-0.2, 0) is 17.9 Å². The van der Waals surface area contributed by atoms with E-state index in [1.54, 1.807) is 46.2 Å². The van der Waals surface area contributed by atoms with Crippen LogP contribution in [0.1, 0.15) is 11.3 Å². The van der Waals surface area contributed by atoms with E-state index in [1.165, 1.54) is 12.1 Å². The van der Waals surface area contributed by atoms with Crippen LogP contribution in [0.3, 0.4) is 0 Å². The highest BCUT2D eigenvalue weighted by molar-refractivity contribution is 5.95. The van der Waals surface area contributed by atoms with Crippen LogP contribution < -0.4 is 5.32 Å². The Balaban J connectivity index is 1.31. The Kier molecular flexibility index (Phi) is 4.98. The number of aromatic nitrogens is 5. The summed E-state index contributed by atoms with van der Waals surface area (Å²) >= 11 is 0. The van der Waals surface area contributed by atoms with Gasteiger partial charge in [-0.3, -0.25) is 9.48 Å². The molecule has 1 aromatic carbocycles. The number of nitrogens with one attached hydrogen (secondary N) is 1. The monoisotopic (exact) mass is 430 g/mol.